The number of benzene rings is 1. The van der Waals surface area contributed by atoms with Gasteiger partial charge in [0.2, 0.25) is 5.95 Å². The molecule has 1 heterocycles. The Hall–Kier alpha value is -2.41. The molecule has 2 rings (SSSR count). The van der Waals surface area contributed by atoms with Gasteiger partial charge < -0.3 is 15.2 Å². The van der Waals surface area contributed by atoms with Crippen molar-refractivity contribution in [2.45, 2.75) is 19.3 Å². The van der Waals surface area contributed by atoms with Gasteiger partial charge in [0.25, 0.3) is 5.56 Å². The van der Waals surface area contributed by atoms with E-state index in [-0.39, 0.29) is 17.9 Å². The monoisotopic (exact) mass is 304 g/mol. The van der Waals surface area contributed by atoms with Crippen LogP contribution in [0.25, 0.3) is 11.3 Å². The highest BCUT2D eigenvalue weighted by molar-refractivity contribution is 5.58. The van der Waals surface area contributed by atoms with E-state index in [0.717, 1.165) is 19.3 Å². The summed E-state index contributed by atoms with van der Waals surface area (Å²) in [4.78, 5) is 14.7. The Morgan fingerprint density at radius 2 is 1.95 bits per heavy atom. The van der Waals surface area contributed by atoms with Gasteiger partial charge in [0.1, 0.15) is 5.75 Å². The number of aliphatic hydroxyl groups excluding tert-OH is 1. The molecule has 0 unspecified atom stereocenters. The largest absolute Gasteiger partial charge is 0.497 e. The molecular weight excluding hydrogens is 284 g/mol. The number of anilines is 1. The van der Waals surface area contributed by atoms with E-state index in [0.29, 0.717) is 23.8 Å². The number of aromatic nitrogens is 3. The van der Waals surface area contributed by atoms with Crippen molar-refractivity contribution in [2.75, 3.05) is 25.6 Å². The van der Waals surface area contributed by atoms with Crippen molar-refractivity contribution < 1.29 is 9.84 Å². The highest BCUT2D eigenvalue weighted by atomic mass is 16.5. The van der Waals surface area contributed by atoms with E-state index < -0.39 is 0 Å². The number of unbranched alkanes of at least 4 members (excludes halogenated alkanes) is 2. The van der Waals surface area contributed by atoms with E-state index >= 15 is 0 Å². The van der Waals surface area contributed by atoms with Gasteiger partial charge in [-0.1, -0.05) is 0 Å². The molecule has 0 spiro atoms. The van der Waals surface area contributed by atoms with Gasteiger partial charge in [0, 0.05) is 18.7 Å². The summed E-state index contributed by atoms with van der Waals surface area (Å²) in [5.41, 5.74) is 0.663. The second-order valence-corrected chi connectivity index (χ2v) is 4.79. The van der Waals surface area contributed by atoms with Crippen molar-refractivity contribution in [3.8, 4) is 17.0 Å². The summed E-state index contributed by atoms with van der Waals surface area (Å²) >= 11 is 0. The van der Waals surface area contributed by atoms with Crippen LogP contribution in [0, 0.1) is 0 Å². The fourth-order valence-corrected chi connectivity index (χ4v) is 1.97. The molecule has 0 aliphatic heterocycles. The summed E-state index contributed by atoms with van der Waals surface area (Å²) in [7, 11) is 1.59. The summed E-state index contributed by atoms with van der Waals surface area (Å²) in [6.07, 6.45) is 2.59. The molecule has 118 valence electrons. The Balaban J connectivity index is 2.01. The Morgan fingerprint density at radius 3 is 2.59 bits per heavy atom. The van der Waals surface area contributed by atoms with Gasteiger partial charge in [-0.25, -0.2) is 0 Å². The Labute approximate surface area is 128 Å². The third-order valence-electron chi connectivity index (χ3n) is 3.19. The van der Waals surface area contributed by atoms with Crippen LogP contribution in [0.5, 0.6) is 5.75 Å². The standard InChI is InChI=1S/C15H20N4O3/c1-22-12-7-5-11(6-8-12)13-14(21)17-15(19-18-13)16-9-3-2-4-10-20/h5-8,20H,2-4,9-10H2,1H3,(H2,16,17,19,21). The lowest BCUT2D eigenvalue weighted by molar-refractivity contribution is 0.283. The van der Waals surface area contributed by atoms with E-state index in [1.165, 1.54) is 0 Å². The van der Waals surface area contributed by atoms with Crippen LogP contribution in [-0.4, -0.2) is 40.5 Å². The van der Waals surface area contributed by atoms with E-state index in [1.807, 2.05) is 0 Å². The van der Waals surface area contributed by atoms with Crippen molar-refractivity contribution in [1.29, 1.82) is 0 Å². The predicted octanol–water partition coefficient (Wildman–Crippen LogP) is 1.41. The van der Waals surface area contributed by atoms with Crippen LogP contribution in [0.2, 0.25) is 0 Å². The molecule has 0 amide bonds. The van der Waals surface area contributed by atoms with E-state index in [4.69, 9.17) is 9.84 Å². The smallest absolute Gasteiger partial charge is 0.279 e. The molecule has 22 heavy (non-hydrogen) atoms. The number of aliphatic hydroxyl groups is 1. The molecule has 0 bridgehead atoms. The molecule has 0 fully saturated rings. The van der Waals surface area contributed by atoms with Crippen LogP contribution in [0.15, 0.2) is 29.1 Å². The van der Waals surface area contributed by atoms with Crippen LogP contribution < -0.4 is 15.6 Å². The van der Waals surface area contributed by atoms with Crippen molar-refractivity contribution in [2.24, 2.45) is 0 Å². The van der Waals surface area contributed by atoms with Crippen LogP contribution >= 0.6 is 0 Å². The van der Waals surface area contributed by atoms with Gasteiger partial charge >= 0.3 is 0 Å². The summed E-state index contributed by atoms with van der Waals surface area (Å²) in [6.45, 7) is 0.875. The van der Waals surface area contributed by atoms with Gasteiger partial charge in [0.15, 0.2) is 5.69 Å². The molecule has 0 radical (unpaired) electrons. The molecule has 2 aromatic rings. The Kier molecular flexibility index (Phi) is 5.91. The first kappa shape index (κ1) is 16.0. The third kappa shape index (κ3) is 4.29. The lowest BCUT2D eigenvalue weighted by atomic mass is 10.1. The van der Waals surface area contributed by atoms with Crippen LogP contribution in [-0.2, 0) is 0 Å². The Bertz CT molecular complexity index is 640. The summed E-state index contributed by atoms with van der Waals surface area (Å²) in [5, 5.41) is 19.7. The number of nitrogens with zero attached hydrogens (tertiary/aromatic N) is 2. The van der Waals surface area contributed by atoms with Gasteiger partial charge in [-0.3, -0.25) is 9.78 Å². The number of hydrogen-bond acceptors (Lipinski definition) is 6. The quantitative estimate of drug-likeness (QED) is 0.638. The normalized spacial score (nSPS) is 10.5. The minimum atomic E-state index is -0.293. The van der Waals surface area contributed by atoms with Gasteiger partial charge in [-0.2, -0.15) is 0 Å². The highest BCUT2D eigenvalue weighted by Gasteiger charge is 2.07. The SMILES string of the molecule is COc1ccc(-c2nnc(NCCCCCO)[nH]c2=O)cc1. The maximum atomic E-state index is 12.1. The average molecular weight is 304 g/mol. The first-order valence-electron chi connectivity index (χ1n) is 7.20. The second-order valence-electron chi connectivity index (χ2n) is 4.79. The minimum absolute atomic E-state index is 0.202. The summed E-state index contributed by atoms with van der Waals surface area (Å²) in [5.74, 6) is 1.07. The predicted molar refractivity (Wildman–Crippen MR) is 84.1 cm³/mol. The van der Waals surface area contributed by atoms with E-state index in [9.17, 15) is 4.79 Å². The number of methoxy groups -OCH3 is 1. The molecule has 3 N–H and O–H groups in total. The van der Waals surface area contributed by atoms with E-state index in [2.05, 4.69) is 20.5 Å². The summed E-state index contributed by atoms with van der Waals surface area (Å²) in [6, 6.07) is 7.06. The zero-order valence-electron chi connectivity index (χ0n) is 12.5. The van der Waals surface area contributed by atoms with Gasteiger partial charge in [-0.15, -0.1) is 10.2 Å². The van der Waals surface area contributed by atoms with Crippen molar-refractivity contribution in [1.82, 2.24) is 15.2 Å². The van der Waals surface area contributed by atoms with Crippen molar-refractivity contribution >= 4 is 5.95 Å². The fourth-order valence-electron chi connectivity index (χ4n) is 1.97. The first-order chi connectivity index (χ1) is 10.7. The van der Waals surface area contributed by atoms with Crippen LogP contribution in [0.3, 0.4) is 0 Å². The molecule has 0 saturated heterocycles. The molecule has 0 aliphatic carbocycles. The van der Waals surface area contributed by atoms with Crippen LogP contribution in [0.1, 0.15) is 19.3 Å². The number of rotatable bonds is 8. The zero-order chi connectivity index (χ0) is 15.8. The second kappa shape index (κ2) is 8.14. The zero-order valence-corrected chi connectivity index (χ0v) is 12.5. The lowest BCUT2D eigenvalue weighted by Crippen LogP contribution is -2.17. The number of H-pyrrole nitrogens is 1. The molecule has 0 aliphatic rings. The number of hydrogen-bond donors (Lipinski definition) is 3. The topological polar surface area (TPSA) is 100 Å². The van der Waals surface area contributed by atoms with Crippen molar-refractivity contribution in [3.05, 3.63) is 34.6 Å². The highest BCUT2D eigenvalue weighted by Crippen LogP contribution is 2.17. The third-order valence-corrected chi connectivity index (χ3v) is 3.19. The number of nitrogens with one attached hydrogen (secondary N) is 2. The maximum absolute atomic E-state index is 12.1. The summed E-state index contributed by atoms with van der Waals surface area (Å²) < 4.78 is 5.08. The molecular formula is C15H20N4O3. The molecule has 7 heteroatoms. The minimum Gasteiger partial charge on any atom is -0.497 e. The molecule has 0 saturated carbocycles. The molecule has 0 atom stereocenters. The fraction of sp³-hybridized carbons (Fsp3) is 0.400. The number of ether oxygens (including phenoxy) is 1. The van der Waals surface area contributed by atoms with Gasteiger partial charge in [0.05, 0.1) is 7.11 Å². The Morgan fingerprint density at radius 1 is 1.18 bits per heavy atom. The first-order valence-corrected chi connectivity index (χ1v) is 7.20. The van der Waals surface area contributed by atoms with Crippen molar-refractivity contribution in [3.63, 3.8) is 0 Å². The molecule has 1 aromatic carbocycles. The number of aromatic amines is 1. The van der Waals surface area contributed by atoms with E-state index in [1.54, 1.807) is 31.4 Å². The van der Waals surface area contributed by atoms with Crippen LogP contribution in [0.4, 0.5) is 5.95 Å². The maximum Gasteiger partial charge on any atom is 0.279 e. The molecule has 7 nitrogen and oxygen atoms in total. The molecule has 1 aromatic heterocycles. The average Bonchev–Trinajstić information content (AvgIpc) is 2.55. The van der Waals surface area contributed by atoms with Gasteiger partial charge in [-0.05, 0) is 43.5 Å². The lowest BCUT2D eigenvalue weighted by Gasteiger charge is -2.05.